The Bertz CT molecular complexity index is 702. The Balaban J connectivity index is 2.05. The van der Waals surface area contributed by atoms with Crippen LogP contribution < -0.4 is 5.32 Å². The second kappa shape index (κ2) is 8.03. The third-order valence-electron chi connectivity index (χ3n) is 3.40. The number of aliphatic carboxylic acids is 1. The molecule has 0 saturated carbocycles. The molecule has 1 heterocycles. The third-order valence-corrected chi connectivity index (χ3v) is 4.25. The average molecular weight is 348 g/mol. The molecule has 128 valence electrons. The van der Waals surface area contributed by atoms with Crippen molar-refractivity contribution in [2.24, 2.45) is 0 Å². The lowest BCUT2D eigenvalue weighted by Crippen LogP contribution is -2.50. The predicted molar refractivity (Wildman–Crippen MR) is 91.4 cm³/mol. The van der Waals surface area contributed by atoms with Crippen molar-refractivity contribution in [3.8, 4) is 0 Å². The van der Waals surface area contributed by atoms with Crippen LogP contribution in [0, 0.1) is 0 Å². The quantitative estimate of drug-likeness (QED) is 0.764. The minimum absolute atomic E-state index is 0.103. The van der Waals surface area contributed by atoms with E-state index in [9.17, 15) is 9.59 Å². The molecule has 0 saturated heterocycles. The summed E-state index contributed by atoms with van der Waals surface area (Å²) in [6.45, 7) is 1.74. The molecule has 0 spiro atoms. The van der Waals surface area contributed by atoms with E-state index in [1.165, 1.54) is 18.4 Å². The zero-order valence-electron chi connectivity index (χ0n) is 13.6. The molecular weight excluding hydrogens is 328 g/mol. The Morgan fingerprint density at radius 2 is 2.04 bits per heavy atom. The van der Waals surface area contributed by atoms with Crippen molar-refractivity contribution < 1.29 is 19.4 Å². The smallest absolute Gasteiger partial charge is 0.305 e. The van der Waals surface area contributed by atoms with Crippen LogP contribution in [0.1, 0.15) is 34.4 Å². The minimum atomic E-state index is -1.00. The monoisotopic (exact) mass is 348 g/mol. The van der Waals surface area contributed by atoms with E-state index in [0.717, 1.165) is 10.6 Å². The van der Waals surface area contributed by atoms with Crippen molar-refractivity contribution in [3.05, 3.63) is 52.0 Å². The maximum absolute atomic E-state index is 12.4. The number of thiazole rings is 1. The molecule has 2 aromatic rings. The summed E-state index contributed by atoms with van der Waals surface area (Å²) in [5, 5.41) is 14.2. The van der Waals surface area contributed by atoms with Gasteiger partial charge in [0.15, 0.2) is 0 Å². The number of carbonyl (C=O) groups excluding carboxylic acids is 1. The summed E-state index contributed by atoms with van der Waals surface area (Å²) in [5.74, 6) is -1.40. The van der Waals surface area contributed by atoms with Gasteiger partial charge in [-0.3, -0.25) is 9.59 Å². The number of ether oxygens (including phenoxy) is 1. The van der Waals surface area contributed by atoms with Gasteiger partial charge in [-0.15, -0.1) is 11.3 Å². The molecule has 1 unspecified atom stereocenters. The summed E-state index contributed by atoms with van der Waals surface area (Å²) in [7, 11) is 1.47. The summed E-state index contributed by atoms with van der Waals surface area (Å²) in [4.78, 5) is 27.7. The van der Waals surface area contributed by atoms with E-state index in [2.05, 4.69) is 10.3 Å². The van der Waals surface area contributed by atoms with Gasteiger partial charge in [-0.2, -0.15) is 0 Å². The third kappa shape index (κ3) is 5.14. The number of nitrogens with zero attached hydrogens (tertiary/aromatic N) is 1. The maximum Gasteiger partial charge on any atom is 0.305 e. The molecule has 0 aliphatic heterocycles. The molecule has 0 aliphatic carbocycles. The molecule has 7 heteroatoms. The largest absolute Gasteiger partial charge is 0.481 e. The molecule has 0 bridgehead atoms. The first kappa shape index (κ1) is 18.1. The predicted octanol–water partition coefficient (Wildman–Crippen LogP) is 2.34. The van der Waals surface area contributed by atoms with Crippen molar-refractivity contribution in [1.82, 2.24) is 10.3 Å². The van der Waals surface area contributed by atoms with Gasteiger partial charge in [-0.1, -0.05) is 30.3 Å². The van der Waals surface area contributed by atoms with Crippen molar-refractivity contribution in [1.29, 1.82) is 0 Å². The van der Waals surface area contributed by atoms with Crippen LogP contribution in [-0.4, -0.2) is 41.2 Å². The van der Waals surface area contributed by atoms with E-state index < -0.39 is 17.4 Å². The number of amides is 1. The molecule has 2 N–H and O–H groups in total. The van der Waals surface area contributed by atoms with E-state index in [-0.39, 0.29) is 13.0 Å². The van der Waals surface area contributed by atoms with Crippen LogP contribution in [-0.2, 0) is 16.0 Å². The molecule has 6 nitrogen and oxygen atoms in total. The van der Waals surface area contributed by atoms with Gasteiger partial charge in [0.2, 0.25) is 0 Å². The highest BCUT2D eigenvalue weighted by atomic mass is 32.1. The first-order valence-electron chi connectivity index (χ1n) is 7.43. The summed E-state index contributed by atoms with van der Waals surface area (Å²) in [6.07, 6.45) is 0.427. The first-order chi connectivity index (χ1) is 11.4. The zero-order valence-corrected chi connectivity index (χ0v) is 14.4. The van der Waals surface area contributed by atoms with Crippen molar-refractivity contribution in [2.45, 2.75) is 25.3 Å². The molecule has 1 aromatic heterocycles. The Morgan fingerprint density at radius 3 is 2.67 bits per heavy atom. The van der Waals surface area contributed by atoms with E-state index in [1.807, 2.05) is 30.3 Å². The van der Waals surface area contributed by atoms with E-state index >= 15 is 0 Å². The van der Waals surface area contributed by atoms with E-state index in [4.69, 9.17) is 9.84 Å². The average Bonchev–Trinajstić information content (AvgIpc) is 2.96. The SMILES string of the molecule is COCC(C)(CC(=O)O)NC(=O)c1csc(Cc2ccccc2)n1. The highest BCUT2D eigenvalue weighted by molar-refractivity contribution is 7.09. The van der Waals surface area contributed by atoms with Crippen LogP contribution in [0.5, 0.6) is 0 Å². The Kier molecular flexibility index (Phi) is 6.05. The van der Waals surface area contributed by atoms with Crippen LogP contribution >= 0.6 is 11.3 Å². The number of rotatable bonds is 8. The fraction of sp³-hybridized carbons (Fsp3) is 0.353. The fourth-order valence-electron chi connectivity index (χ4n) is 2.39. The number of methoxy groups -OCH3 is 1. The number of hydrogen-bond acceptors (Lipinski definition) is 5. The Morgan fingerprint density at radius 1 is 1.33 bits per heavy atom. The molecule has 0 fully saturated rings. The molecule has 1 aromatic carbocycles. The first-order valence-corrected chi connectivity index (χ1v) is 8.31. The van der Waals surface area contributed by atoms with Gasteiger partial charge in [0.1, 0.15) is 5.69 Å². The van der Waals surface area contributed by atoms with Crippen LogP contribution in [0.4, 0.5) is 0 Å². The number of nitrogens with one attached hydrogen (secondary N) is 1. The summed E-state index contributed by atoms with van der Waals surface area (Å²) < 4.78 is 5.03. The van der Waals surface area contributed by atoms with Gasteiger partial charge >= 0.3 is 5.97 Å². The van der Waals surface area contributed by atoms with Gasteiger partial charge in [-0.25, -0.2) is 4.98 Å². The molecule has 2 rings (SSSR count). The van der Waals surface area contributed by atoms with Gasteiger partial charge < -0.3 is 15.2 Å². The summed E-state index contributed by atoms with van der Waals surface area (Å²) in [6, 6.07) is 9.87. The van der Waals surface area contributed by atoms with Gasteiger partial charge in [-0.05, 0) is 12.5 Å². The normalized spacial score (nSPS) is 13.2. The van der Waals surface area contributed by atoms with Crippen molar-refractivity contribution >= 4 is 23.2 Å². The Labute approximate surface area is 144 Å². The molecular formula is C17H20N2O4S. The van der Waals surface area contributed by atoms with Gasteiger partial charge in [0, 0.05) is 18.9 Å². The molecule has 1 atom stereocenters. The Hall–Kier alpha value is -2.25. The lowest BCUT2D eigenvalue weighted by Gasteiger charge is -2.28. The standard InChI is InChI=1S/C17H20N2O4S/c1-17(11-23-2,9-15(20)21)19-16(22)13-10-24-14(18-13)8-12-6-4-3-5-7-12/h3-7,10H,8-9,11H2,1-2H3,(H,19,22)(H,20,21). The summed E-state index contributed by atoms with van der Waals surface area (Å²) >= 11 is 1.41. The molecule has 0 radical (unpaired) electrons. The lowest BCUT2D eigenvalue weighted by molar-refractivity contribution is -0.139. The molecule has 24 heavy (non-hydrogen) atoms. The van der Waals surface area contributed by atoms with Crippen LogP contribution in [0.2, 0.25) is 0 Å². The second-order valence-corrected chi connectivity index (χ2v) is 6.75. The minimum Gasteiger partial charge on any atom is -0.481 e. The van der Waals surface area contributed by atoms with Crippen LogP contribution in [0.15, 0.2) is 35.7 Å². The van der Waals surface area contributed by atoms with Gasteiger partial charge in [0.25, 0.3) is 5.91 Å². The number of aromatic nitrogens is 1. The zero-order chi connectivity index (χ0) is 17.6. The molecule has 0 aliphatic rings. The van der Waals surface area contributed by atoms with Crippen molar-refractivity contribution in [3.63, 3.8) is 0 Å². The number of benzene rings is 1. The summed E-state index contributed by atoms with van der Waals surface area (Å²) in [5.41, 5.74) is 0.425. The highest BCUT2D eigenvalue weighted by Crippen LogP contribution is 2.17. The van der Waals surface area contributed by atoms with Crippen LogP contribution in [0.3, 0.4) is 0 Å². The maximum atomic E-state index is 12.4. The fourth-order valence-corrected chi connectivity index (χ4v) is 3.20. The number of carbonyl (C=O) groups is 2. The second-order valence-electron chi connectivity index (χ2n) is 5.81. The van der Waals surface area contributed by atoms with E-state index in [1.54, 1.807) is 12.3 Å². The van der Waals surface area contributed by atoms with Crippen molar-refractivity contribution in [2.75, 3.05) is 13.7 Å². The number of carboxylic acid groups (broad SMARTS) is 1. The number of hydrogen-bond donors (Lipinski definition) is 2. The van der Waals surface area contributed by atoms with Gasteiger partial charge in [0.05, 0.1) is 23.6 Å². The molecule has 1 amide bonds. The van der Waals surface area contributed by atoms with E-state index in [0.29, 0.717) is 12.1 Å². The topological polar surface area (TPSA) is 88.5 Å². The number of carboxylic acids is 1. The lowest BCUT2D eigenvalue weighted by atomic mass is 9.99. The highest BCUT2D eigenvalue weighted by Gasteiger charge is 2.30. The van der Waals surface area contributed by atoms with Crippen LogP contribution in [0.25, 0.3) is 0 Å².